The first-order valence-electron chi connectivity index (χ1n) is 26.4. The molecular weight excluding hydrogens is 977 g/mol. The highest BCUT2D eigenvalue weighted by Crippen LogP contribution is 2.45. The molecule has 394 valence electrons. The maximum atomic E-state index is 17.2. The van der Waals surface area contributed by atoms with Crippen molar-refractivity contribution in [3.63, 3.8) is 0 Å². The van der Waals surface area contributed by atoms with Gasteiger partial charge in [-0.25, -0.2) is 13.6 Å². The number of piperidine rings is 1. The summed E-state index contributed by atoms with van der Waals surface area (Å²) >= 11 is 0. The fourth-order valence-electron chi connectivity index (χ4n) is 12.4. The monoisotopic (exact) mass is 1040 g/mol. The van der Waals surface area contributed by atoms with E-state index in [0.29, 0.717) is 54.8 Å². The number of amides is 5. The number of aromatic hydroxyl groups is 1. The zero-order valence-electron chi connectivity index (χ0n) is 42.1. The Morgan fingerprint density at radius 1 is 0.934 bits per heavy atom. The number of benzene rings is 3. The van der Waals surface area contributed by atoms with Gasteiger partial charge in [0.2, 0.25) is 11.8 Å². The molecule has 6 aliphatic heterocycles. The summed E-state index contributed by atoms with van der Waals surface area (Å²) in [4.78, 5) is 82.7. The van der Waals surface area contributed by atoms with Crippen LogP contribution < -0.4 is 25.6 Å². The lowest BCUT2D eigenvalue weighted by Gasteiger charge is -2.35. The number of phenolic OH excluding ortho intramolecular Hbond substituents is 1. The van der Waals surface area contributed by atoms with E-state index in [4.69, 9.17) is 20.9 Å². The van der Waals surface area contributed by atoms with E-state index >= 15 is 8.78 Å². The number of halogens is 2. The van der Waals surface area contributed by atoms with Crippen LogP contribution >= 0.6 is 0 Å². The van der Waals surface area contributed by atoms with Crippen molar-refractivity contribution in [1.82, 2.24) is 40.7 Å². The number of aromatic nitrogens is 3. The van der Waals surface area contributed by atoms with Gasteiger partial charge in [0.25, 0.3) is 11.8 Å². The number of ether oxygens (including phenoxy) is 2. The molecule has 5 saturated heterocycles. The molecule has 2 aromatic heterocycles. The zero-order valence-corrected chi connectivity index (χ0v) is 42.1. The number of nitrogens with zero attached hydrogens (tertiary/aromatic N) is 6. The number of fused-ring (bicyclic) bond motifs is 6. The molecule has 0 radical (unpaired) electrons. The van der Waals surface area contributed by atoms with Gasteiger partial charge in [-0.15, -0.1) is 6.42 Å². The zero-order chi connectivity index (χ0) is 52.8. The summed E-state index contributed by atoms with van der Waals surface area (Å²) in [6.45, 7) is 7.07. The van der Waals surface area contributed by atoms with Crippen molar-refractivity contribution in [3.8, 4) is 35.4 Å². The number of phenols is 1. The summed E-state index contributed by atoms with van der Waals surface area (Å²) in [5.74, 6) is -0.786. The molecule has 5 amide bonds. The molecule has 11 rings (SSSR count). The minimum atomic E-state index is -0.990. The van der Waals surface area contributed by atoms with Gasteiger partial charge in [-0.2, -0.15) is 9.97 Å². The summed E-state index contributed by atoms with van der Waals surface area (Å²) in [7, 11) is 0. The molecular formula is C57H59F2N9O8. The summed E-state index contributed by atoms with van der Waals surface area (Å²) in [5.41, 5.74) is 1.91. The number of nitrogens with one attached hydrogen (secondary N) is 3. The first-order chi connectivity index (χ1) is 36.8. The van der Waals surface area contributed by atoms with E-state index in [1.54, 1.807) is 12.1 Å². The van der Waals surface area contributed by atoms with Gasteiger partial charge >= 0.3 is 12.1 Å². The number of anilines is 1. The Kier molecular flexibility index (Phi) is 13.9. The molecule has 4 N–H and O–H groups in total. The van der Waals surface area contributed by atoms with E-state index in [-0.39, 0.29) is 89.2 Å². The lowest BCUT2D eigenvalue weighted by molar-refractivity contribution is -0.136. The number of carbonyl (C=O) groups excluding carboxylic acids is 5. The van der Waals surface area contributed by atoms with Gasteiger partial charge in [-0.3, -0.25) is 39.3 Å². The SMILES string of the molecule is C#Cc1c(F)ccc2cc(O)cc(-c3ncc4c(N5CC6CCC(C5)N6)nc(OC[C@@]56CC[C@@H](COC(=O)NCCCCCCCCc7ccc8c(c7)C(=O)N(C7CCC(=O)NC7=O)C8=O)N5CC(=C)C6)nc4c3F)c12. The summed E-state index contributed by atoms with van der Waals surface area (Å²) in [5, 5.41) is 20.5. The molecule has 6 aliphatic rings. The molecule has 8 heterocycles. The molecule has 0 saturated carbocycles. The molecule has 0 spiro atoms. The van der Waals surface area contributed by atoms with Crippen LogP contribution in [0.5, 0.6) is 11.8 Å². The van der Waals surface area contributed by atoms with Crippen LogP contribution in [0.25, 0.3) is 32.9 Å². The Bertz CT molecular complexity index is 3260. The highest BCUT2D eigenvalue weighted by Gasteiger charge is 2.52. The van der Waals surface area contributed by atoms with E-state index in [2.05, 4.69) is 48.2 Å². The highest BCUT2D eigenvalue weighted by atomic mass is 19.1. The summed E-state index contributed by atoms with van der Waals surface area (Å²) < 4.78 is 44.6. The molecule has 2 bridgehead atoms. The smallest absolute Gasteiger partial charge is 0.407 e. The predicted molar refractivity (Wildman–Crippen MR) is 278 cm³/mol. The second kappa shape index (κ2) is 20.9. The van der Waals surface area contributed by atoms with Gasteiger partial charge in [-0.1, -0.05) is 55.9 Å². The fourth-order valence-corrected chi connectivity index (χ4v) is 12.4. The minimum absolute atomic E-state index is 0.0115. The lowest BCUT2D eigenvalue weighted by atomic mass is 9.94. The van der Waals surface area contributed by atoms with Gasteiger partial charge in [0, 0.05) is 67.9 Å². The average Bonchev–Trinajstić information content (AvgIpc) is 4.17. The van der Waals surface area contributed by atoms with Crippen LogP contribution in [0.15, 0.2) is 60.8 Å². The third-order valence-corrected chi connectivity index (χ3v) is 16.1. The van der Waals surface area contributed by atoms with Gasteiger partial charge < -0.3 is 30.1 Å². The molecule has 3 aromatic carbocycles. The van der Waals surface area contributed by atoms with Crippen molar-refractivity contribution in [2.24, 2.45) is 0 Å². The maximum absolute atomic E-state index is 17.2. The van der Waals surface area contributed by atoms with Crippen LogP contribution in [0.4, 0.5) is 19.4 Å². The molecule has 76 heavy (non-hydrogen) atoms. The molecule has 0 aliphatic carbocycles. The second-order valence-electron chi connectivity index (χ2n) is 21.2. The first-order valence-corrected chi connectivity index (χ1v) is 26.4. The van der Waals surface area contributed by atoms with E-state index in [0.717, 1.165) is 86.7 Å². The predicted octanol–water partition coefficient (Wildman–Crippen LogP) is 7.00. The quantitative estimate of drug-likeness (QED) is 0.0320. The summed E-state index contributed by atoms with van der Waals surface area (Å²) in [6.07, 6.45) is 17.5. The van der Waals surface area contributed by atoms with Crippen LogP contribution in [0, 0.1) is 24.0 Å². The van der Waals surface area contributed by atoms with Gasteiger partial charge in [0.15, 0.2) is 5.82 Å². The van der Waals surface area contributed by atoms with Gasteiger partial charge in [0.05, 0.1) is 27.6 Å². The Hall–Kier alpha value is -7.56. The van der Waals surface area contributed by atoms with E-state index < -0.39 is 52.9 Å². The highest BCUT2D eigenvalue weighted by molar-refractivity contribution is 6.23. The number of pyridine rings is 1. The van der Waals surface area contributed by atoms with Crippen LogP contribution in [0.3, 0.4) is 0 Å². The van der Waals surface area contributed by atoms with E-state index in [1.165, 1.54) is 30.5 Å². The molecule has 5 atom stereocenters. The van der Waals surface area contributed by atoms with Crippen LogP contribution in [-0.2, 0) is 20.7 Å². The van der Waals surface area contributed by atoms with Crippen molar-refractivity contribution in [1.29, 1.82) is 0 Å². The maximum Gasteiger partial charge on any atom is 0.407 e. The normalized spacial score (nSPS) is 23.1. The molecule has 5 fully saturated rings. The Labute approximate surface area is 437 Å². The standard InChI is InChI=1S/C57H59F2N9O8/c1-3-39-44(58)16-12-34-23-38(69)24-42(47(34)39)49-48(59)50-43(26-61-49)51(66-28-35-13-14-36(29-66)62-35)65-55(64-50)76-31-57-20-19-37(67(57)27-32(2)25-57)30-75-56(74)60-21-9-7-5-4-6-8-10-33-11-15-40-41(22-33)54(73)68(53(40)72)45-17-18-46(70)63-52(45)71/h1,11-12,15-16,22-24,26,35-37,45,62,69H,2,4-10,13-14,17-21,25,27-31H2,(H,60,74)(H,63,70,71)/t35?,36?,37-,45?,57-/m0/s1. The van der Waals surface area contributed by atoms with Crippen LogP contribution in [0.2, 0.25) is 0 Å². The third-order valence-electron chi connectivity index (χ3n) is 16.1. The number of rotatable bonds is 17. The first kappa shape index (κ1) is 50.6. The van der Waals surface area contributed by atoms with Crippen molar-refractivity contribution >= 4 is 57.2 Å². The number of imide groups is 2. The minimum Gasteiger partial charge on any atom is -0.508 e. The van der Waals surface area contributed by atoms with Crippen molar-refractivity contribution in [2.45, 2.75) is 120 Å². The summed E-state index contributed by atoms with van der Waals surface area (Å²) in [6, 6.07) is 10.1. The van der Waals surface area contributed by atoms with Crippen molar-refractivity contribution in [3.05, 3.63) is 94.7 Å². The number of aryl methyl sites for hydroxylation is 1. The number of piperazine rings is 1. The largest absolute Gasteiger partial charge is 0.508 e. The average molecular weight is 1040 g/mol. The number of unbranched alkanes of at least 4 members (excludes halogenated alkanes) is 5. The van der Waals surface area contributed by atoms with Gasteiger partial charge in [0.1, 0.15) is 47.9 Å². The Morgan fingerprint density at radius 3 is 2.50 bits per heavy atom. The Morgan fingerprint density at radius 2 is 1.71 bits per heavy atom. The van der Waals surface area contributed by atoms with E-state index in [9.17, 15) is 29.1 Å². The second-order valence-corrected chi connectivity index (χ2v) is 21.2. The molecule has 19 heteroatoms. The molecule has 17 nitrogen and oxygen atoms in total. The number of carbonyl (C=O) groups is 5. The number of alkyl carbamates (subject to hydrolysis) is 1. The van der Waals surface area contributed by atoms with Gasteiger partial charge in [-0.05, 0) is 99.1 Å². The van der Waals surface area contributed by atoms with Crippen LogP contribution in [0.1, 0.15) is 115 Å². The van der Waals surface area contributed by atoms with Crippen molar-refractivity contribution in [2.75, 3.05) is 44.3 Å². The fraction of sp³-hybridized carbons (Fsp3) is 0.439. The van der Waals surface area contributed by atoms with Crippen molar-refractivity contribution < 1.29 is 47.3 Å². The Balaban J connectivity index is 0.674. The topological polar surface area (TPSA) is 209 Å². The van der Waals surface area contributed by atoms with E-state index in [1.807, 2.05) is 6.07 Å². The number of hydrogen-bond acceptors (Lipinski definition) is 14. The lowest BCUT2D eigenvalue weighted by Crippen LogP contribution is -2.54. The number of hydrogen-bond donors (Lipinski definition) is 4. The number of terminal acetylenes is 1. The molecule has 3 unspecified atom stereocenters. The van der Waals surface area contributed by atoms with Crippen LogP contribution in [-0.4, -0.2) is 129 Å². The molecule has 5 aromatic rings. The third kappa shape index (κ3) is 9.68.